The van der Waals surface area contributed by atoms with Gasteiger partial charge in [-0.25, -0.2) is 0 Å². The fraction of sp³-hybridized carbons (Fsp3) is 0. The van der Waals surface area contributed by atoms with Crippen molar-refractivity contribution in [3.05, 3.63) is 56.7 Å². The lowest BCUT2D eigenvalue weighted by Gasteiger charge is -2.01. The summed E-state index contributed by atoms with van der Waals surface area (Å²) in [5, 5.41) is 27.8. The maximum atomic E-state index is 10.9. The monoisotopic (exact) mass is 343 g/mol. The van der Waals surface area contributed by atoms with Crippen LogP contribution in [0.5, 0.6) is 0 Å². The molecule has 1 aromatic carbocycles. The van der Waals surface area contributed by atoms with Crippen molar-refractivity contribution in [2.75, 3.05) is 0 Å². The van der Waals surface area contributed by atoms with Crippen molar-refractivity contribution in [2.24, 2.45) is 0 Å². The number of nitriles is 1. The van der Waals surface area contributed by atoms with Crippen molar-refractivity contribution in [3.63, 3.8) is 0 Å². The van der Waals surface area contributed by atoms with Crippen LogP contribution in [0.25, 0.3) is 17.0 Å². The number of aromatic nitrogens is 3. The standard InChI is InChI=1S/C13H6BrN5O2/c14-10-4-9(5-11(6-10)19(20)21)13-17-16-12-3-8(7-15)1-2-18(12)13/h1-6H. The molecule has 0 N–H and O–H groups in total. The van der Waals surface area contributed by atoms with Crippen LogP contribution in [0, 0.1) is 21.4 Å². The van der Waals surface area contributed by atoms with E-state index >= 15 is 0 Å². The highest BCUT2D eigenvalue weighted by Gasteiger charge is 2.14. The van der Waals surface area contributed by atoms with E-state index in [9.17, 15) is 10.1 Å². The van der Waals surface area contributed by atoms with Gasteiger partial charge in [0.1, 0.15) is 0 Å². The van der Waals surface area contributed by atoms with Crippen LogP contribution in [0.15, 0.2) is 41.0 Å². The smallest absolute Gasteiger partial charge is 0.271 e. The van der Waals surface area contributed by atoms with Crippen molar-refractivity contribution in [1.82, 2.24) is 14.6 Å². The Morgan fingerprint density at radius 3 is 2.81 bits per heavy atom. The van der Waals surface area contributed by atoms with E-state index in [0.29, 0.717) is 27.1 Å². The molecule has 0 aliphatic heterocycles. The molecule has 0 fully saturated rings. The van der Waals surface area contributed by atoms with Gasteiger partial charge in [-0.15, -0.1) is 10.2 Å². The van der Waals surface area contributed by atoms with E-state index in [1.54, 1.807) is 28.8 Å². The van der Waals surface area contributed by atoms with Crippen LogP contribution in [-0.2, 0) is 0 Å². The van der Waals surface area contributed by atoms with E-state index < -0.39 is 4.92 Å². The first kappa shape index (κ1) is 13.2. The quantitative estimate of drug-likeness (QED) is 0.526. The first-order valence-electron chi connectivity index (χ1n) is 5.79. The van der Waals surface area contributed by atoms with Crippen LogP contribution in [0.3, 0.4) is 0 Å². The van der Waals surface area contributed by atoms with Gasteiger partial charge in [-0.1, -0.05) is 15.9 Å². The molecule has 0 aliphatic carbocycles. The van der Waals surface area contributed by atoms with Crippen LogP contribution in [0.1, 0.15) is 5.56 Å². The third-order valence-corrected chi connectivity index (χ3v) is 3.35. The summed E-state index contributed by atoms with van der Waals surface area (Å²) in [6.07, 6.45) is 1.66. The number of pyridine rings is 1. The molecule has 3 rings (SSSR count). The molecule has 2 heterocycles. The number of halogens is 1. The van der Waals surface area contributed by atoms with Crippen molar-refractivity contribution in [1.29, 1.82) is 5.26 Å². The molecule has 0 aliphatic rings. The lowest BCUT2D eigenvalue weighted by molar-refractivity contribution is -0.384. The molecule has 0 saturated heterocycles. The van der Waals surface area contributed by atoms with Crippen molar-refractivity contribution >= 4 is 27.3 Å². The first-order chi connectivity index (χ1) is 10.1. The Kier molecular flexibility index (Phi) is 3.12. The SMILES string of the molecule is N#Cc1ccn2c(-c3cc(Br)cc([N+](=O)[O-])c3)nnc2c1. The number of fused-ring (bicyclic) bond motifs is 1. The molecule has 2 aromatic heterocycles. The van der Waals surface area contributed by atoms with Crippen LogP contribution < -0.4 is 0 Å². The number of hydrogen-bond acceptors (Lipinski definition) is 5. The summed E-state index contributed by atoms with van der Waals surface area (Å²) in [5.74, 6) is 0.471. The summed E-state index contributed by atoms with van der Waals surface area (Å²) in [6, 6.07) is 9.83. The summed E-state index contributed by atoms with van der Waals surface area (Å²) in [4.78, 5) is 10.5. The lowest BCUT2D eigenvalue weighted by atomic mass is 10.2. The van der Waals surface area contributed by atoms with Gasteiger partial charge < -0.3 is 0 Å². The molecule has 0 radical (unpaired) electrons. The fourth-order valence-corrected chi connectivity index (χ4v) is 2.45. The second kappa shape index (κ2) is 4.96. The fourth-order valence-electron chi connectivity index (χ4n) is 1.97. The van der Waals surface area contributed by atoms with Gasteiger partial charge in [0.2, 0.25) is 0 Å². The molecular weight excluding hydrogens is 338 g/mol. The maximum absolute atomic E-state index is 10.9. The molecule has 3 aromatic rings. The Morgan fingerprint density at radius 2 is 2.10 bits per heavy atom. The van der Waals surface area contributed by atoms with Gasteiger partial charge in [0.15, 0.2) is 11.5 Å². The summed E-state index contributed by atoms with van der Waals surface area (Å²) < 4.78 is 2.25. The van der Waals surface area contributed by atoms with Gasteiger partial charge in [-0.3, -0.25) is 14.5 Å². The van der Waals surface area contributed by atoms with Crippen LogP contribution >= 0.6 is 15.9 Å². The zero-order valence-electron chi connectivity index (χ0n) is 10.4. The first-order valence-corrected chi connectivity index (χ1v) is 6.58. The summed E-state index contributed by atoms with van der Waals surface area (Å²) >= 11 is 3.25. The van der Waals surface area contributed by atoms with Gasteiger partial charge in [-0.2, -0.15) is 5.26 Å². The van der Waals surface area contributed by atoms with Gasteiger partial charge in [0.25, 0.3) is 5.69 Å². The number of nitrogens with zero attached hydrogens (tertiary/aromatic N) is 5. The highest BCUT2D eigenvalue weighted by molar-refractivity contribution is 9.10. The summed E-state index contributed by atoms with van der Waals surface area (Å²) in [5.41, 5.74) is 1.51. The molecule has 0 amide bonds. The van der Waals surface area contributed by atoms with Gasteiger partial charge in [-0.05, 0) is 12.1 Å². The average Bonchev–Trinajstić information content (AvgIpc) is 2.89. The Labute approximate surface area is 126 Å². The molecule has 7 nitrogen and oxygen atoms in total. The largest absolute Gasteiger partial charge is 0.282 e. The second-order valence-corrected chi connectivity index (χ2v) is 5.15. The molecule has 0 saturated carbocycles. The maximum Gasteiger partial charge on any atom is 0.271 e. The second-order valence-electron chi connectivity index (χ2n) is 4.23. The predicted octanol–water partition coefficient (Wildman–Crippen LogP) is 2.94. The molecule has 0 unspecified atom stereocenters. The van der Waals surface area contributed by atoms with E-state index in [1.165, 1.54) is 12.1 Å². The number of nitro benzene ring substituents is 1. The molecular formula is C13H6BrN5O2. The molecule has 0 spiro atoms. The molecule has 8 heteroatoms. The Morgan fingerprint density at radius 1 is 1.29 bits per heavy atom. The molecule has 21 heavy (non-hydrogen) atoms. The summed E-state index contributed by atoms with van der Waals surface area (Å²) in [7, 11) is 0. The van der Waals surface area contributed by atoms with Gasteiger partial charge in [0, 0.05) is 34.4 Å². The van der Waals surface area contributed by atoms with Gasteiger partial charge in [0.05, 0.1) is 16.6 Å². The van der Waals surface area contributed by atoms with Gasteiger partial charge >= 0.3 is 0 Å². The summed E-state index contributed by atoms with van der Waals surface area (Å²) in [6.45, 7) is 0. The molecule has 0 atom stereocenters. The van der Waals surface area contributed by atoms with Crippen LogP contribution in [0.4, 0.5) is 5.69 Å². The minimum absolute atomic E-state index is 0.0372. The predicted molar refractivity (Wildman–Crippen MR) is 77.5 cm³/mol. The highest BCUT2D eigenvalue weighted by Crippen LogP contribution is 2.28. The zero-order chi connectivity index (χ0) is 15.0. The third-order valence-electron chi connectivity index (χ3n) is 2.89. The van der Waals surface area contributed by atoms with E-state index in [-0.39, 0.29) is 5.69 Å². The van der Waals surface area contributed by atoms with E-state index in [0.717, 1.165) is 0 Å². The number of non-ortho nitro benzene ring substituents is 1. The lowest BCUT2D eigenvalue weighted by Crippen LogP contribution is -1.93. The van der Waals surface area contributed by atoms with Crippen molar-refractivity contribution < 1.29 is 4.92 Å². The molecule has 0 bridgehead atoms. The third kappa shape index (κ3) is 2.34. The Balaban J connectivity index is 2.21. The molecule has 102 valence electrons. The Hall–Kier alpha value is -2.79. The average molecular weight is 344 g/mol. The van der Waals surface area contributed by atoms with Crippen LogP contribution in [-0.4, -0.2) is 19.5 Å². The van der Waals surface area contributed by atoms with Crippen molar-refractivity contribution in [3.8, 4) is 17.5 Å². The number of nitro groups is 1. The number of benzene rings is 1. The number of rotatable bonds is 2. The minimum atomic E-state index is -0.467. The Bertz CT molecular complexity index is 913. The van der Waals surface area contributed by atoms with E-state index in [1.807, 2.05) is 6.07 Å². The van der Waals surface area contributed by atoms with E-state index in [4.69, 9.17) is 5.26 Å². The topological polar surface area (TPSA) is 97.1 Å². The van der Waals surface area contributed by atoms with E-state index in [2.05, 4.69) is 26.1 Å². The zero-order valence-corrected chi connectivity index (χ0v) is 12.0. The number of hydrogen-bond donors (Lipinski definition) is 0. The normalized spacial score (nSPS) is 10.5. The van der Waals surface area contributed by atoms with Crippen molar-refractivity contribution in [2.45, 2.75) is 0 Å². The highest BCUT2D eigenvalue weighted by atomic mass is 79.9. The minimum Gasteiger partial charge on any atom is -0.282 e. The van der Waals surface area contributed by atoms with Crippen LogP contribution in [0.2, 0.25) is 0 Å².